The molecule has 1 heterocycles. The van der Waals surface area contributed by atoms with Crippen molar-refractivity contribution in [3.8, 4) is 0 Å². The van der Waals surface area contributed by atoms with Crippen molar-refractivity contribution >= 4 is 11.6 Å². The number of carbonyl (C=O) groups is 1. The standard InChI is InChI=1S/C19H30N4O2/c1-11(2)21-17(24)10-23-18(25)8-14(9-20-23)22-16-7-13-6-15(12(16)3)19(13,4)5/h8-9,11-13,15-16,22H,6-7,10H2,1-5H3,(H,21,24)/t12-,13-,15+,16-/m1/s1. The predicted octanol–water partition coefficient (Wildman–Crippen LogP) is 2.25. The Bertz CT molecular complexity index is 710. The van der Waals surface area contributed by atoms with Gasteiger partial charge in [-0.05, 0) is 49.9 Å². The van der Waals surface area contributed by atoms with Gasteiger partial charge in [0.1, 0.15) is 6.54 Å². The lowest BCUT2D eigenvalue weighted by Crippen LogP contribution is -2.58. The van der Waals surface area contributed by atoms with E-state index in [1.807, 2.05) is 13.8 Å². The minimum Gasteiger partial charge on any atom is -0.381 e. The number of carbonyl (C=O) groups excluding carboxylic acids is 1. The van der Waals surface area contributed by atoms with Crippen LogP contribution in [0.15, 0.2) is 17.1 Å². The van der Waals surface area contributed by atoms with Gasteiger partial charge in [0.2, 0.25) is 5.91 Å². The van der Waals surface area contributed by atoms with E-state index >= 15 is 0 Å². The Balaban J connectivity index is 1.64. The molecular weight excluding hydrogens is 316 g/mol. The molecule has 6 heteroatoms. The van der Waals surface area contributed by atoms with E-state index in [4.69, 9.17) is 0 Å². The Morgan fingerprint density at radius 1 is 1.40 bits per heavy atom. The van der Waals surface area contributed by atoms with Gasteiger partial charge in [-0.1, -0.05) is 20.8 Å². The molecule has 3 aliphatic carbocycles. The fourth-order valence-corrected chi connectivity index (χ4v) is 4.69. The van der Waals surface area contributed by atoms with Crippen molar-refractivity contribution in [3.05, 3.63) is 22.6 Å². The summed E-state index contributed by atoms with van der Waals surface area (Å²) in [4.78, 5) is 24.0. The average molecular weight is 346 g/mol. The van der Waals surface area contributed by atoms with Gasteiger partial charge in [0.05, 0.1) is 11.9 Å². The van der Waals surface area contributed by atoms with Gasteiger partial charge in [-0.2, -0.15) is 5.10 Å². The zero-order valence-corrected chi connectivity index (χ0v) is 15.9. The van der Waals surface area contributed by atoms with E-state index in [2.05, 4.69) is 36.5 Å². The van der Waals surface area contributed by atoms with Gasteiger partial charge < -0.3 is 10.6 Å². The first-order valence-corrected chi connectivity index (χ1v) is 9.31. The normalized spacial score (nSPS) is 29.8. The van der Waals surface area contributed by atoms with Crippen molar-refractivity contribution in [2.24, 2.45) is 23.2 Å². The second-order valence-electron chi connectivity index (χ2n) is 8.67. The lowest BCUT2D eigenvalue weighted by atomic mass is 9.45. The van der Waals surface area contributed by atoms with Gasteiger partial charge in [0, 0.05) is 18.2 Å². The third kappa shape index (κ3) is 3.44. The van der Waals surface area contributed by atoms with Crippen molar-refractivity contribution in [1.29, 1.82) is 0 Å². The van der Waals surface area contributed by atoms with Crippen molar-refractivity contribution in [2.75, 3.05) is 5.32 Å². The topological polar surface area (TPSA) is 76.0 Å². The monoisotopic (exact) mass is 346 g/mol. The number of nitrogens with one attached hydrogen (secondary N) is 2. The number of fused-ring (bicyclic) bond motifs is 2. The SMILES string of the molecule is CC(C)NC(=O)Cn1ncc(N[C@@H]2C[C@H]3C[C@@H]([C@H]2C)C3(C)C)cc1=O. The second kappa shape index (κ2) is 6.46. The molecule has 2 N–H and O–H groups in total. The number of nitrogens with zero attached hydrogens (tertiary/aromatic N) is 2. The highest BCUT2D eigenvalue weighted by Crippen LogP contribution is 2.61. The van der Waals surface area contributed by atoms with E-state index in [0.717, 1.165) is 23.9 Å². The van der Waals surface area contributed by atoms with E-state index in [1.54, 1.807) is 12.3 Å². The van der Waals surface area contributed by atoms with Crippen LogP contribution in [0.25, 0.3) is 0 Å². The van der Waals surface area contributed by atoms with Crippen LogP contribution < -0.4 is 16.2 Å². The van der Waals surface area contributed by atoms with Crippen LogP contribution in [0.3, 0.4) is 0 Å². The highest BCUT2D eigenvalue weighted by Gasteiger charge is 2.56. The molecule has 1 aromatic heterocycles. The Morgan fingerprint density at radius 3 is 2.68 bits per heavy atom. The molecule has 138 valence electrons. The number of amides is 1. The molecule has 4 rings (SSSR count). The van der Waals surface area contributed by atoms with Crippen molar-refractivity contribution in [1.82, 2.24) is 15.1 Å². The predicted molar refractivity (Wildman–Crippen MR) is 98.3 cm³/mol. The molecule has 1 aromatic rings. The zero-order chi connectivity index (χ0) is 18.4. The Kier molecular flexibility index (Phi) is 4.64. The summed E-state index contributed by atoms with van der Waals surface area (Å²) in [5.74, 6) is 1.89. The lowest BCUT2D eigenvalue weighted by molar-refractivity contribution is -0.122. The molecule has 4 atom stereocenters. The van der Waals surface area contributed by atoms with E-state index in [0.29, 0.717) is 17.4 Å². The zero-order valence-electron chi connectivity index (χ0n) is 15.9. The molecule has 1 amide bonds. The molecule has 25 heavy (non-hydrogen) atoms. The van der Waals surface area contributed by atoms with Crippen LogP contribution in [-0.4, -0.2) is 27.8 Å². The van der Waals surface area contributed by atoms with E-state index in [1.165, 1.54) is 11.1 Å². The van der Waals surface area contributed by atoms with Crippen molar-refractivity contribution < 1.29 is 4.79 Å². The van der Waals surface area contributed by atoms with Crippen molar-refractivity contribution in [3.63, 3.8) is 0 Å². The molecule has 6 nitrogen and oxygen atoms in total. The summed E-state index contributed by atoms with van der Waals surface area (Å²) in [6.07, 6.45) is 4.13. The van der Waals surface area contributed by atoms with Crippen LogP contribution in [0.2, 0.25) is 0 Å². The van der Waals surface area contributed by atoms with Crippen LogP contribution in [0, 0.1) is 23.2 Å². The van der Waals surface area contributed by atoms with Gasteiger partial charge >= 0.3 is 0 Å². The Hall–Kier alpha value is -1.85. The molecule has 0 aromatic carbocycles. The smallest absolute Gasteiger partial charge is 0.269 e. The molecule has 3 aliphatic rings. The molecule has 0 aliphatic heterocycles. The maximum atomic E-state index is 12.2. The molecular formula is C19H30N4O2. The average Bonchev–Trinajstić information content (AvgIpc) is 2.50. The van der Waals surface area contributed by atoms with Crippen LogP contribution in [-0.2, 0) is 11.3 Å². The Morgan fingerprint density at radius 2 is 2.12 bits per heavy atom. The first-order chi connectivity index (χ1) is 11.7. The molecule has 0 spiro atoms. The van der Waals surface area contributed by atoms with Gasteiger partial charge in [0.15, 0.2) is 0 Å². The molecule has 3 fully saturated rings. The molecule has 3 saturated carbocycles. The number of hydrogen-bond donors (Lipinski definition) is 2. The van der Waals surface area contributed by atoms with E-state index < -0.39 is 0 Å². The summed E-state index contributed by atoms with van der Waals surface area (Å²) >= 11 is 0. The minimum absolute atomic E-state index is 0.0462. The number of aromatic nitrogens is 2. The minimum atomic E-state index is -0.252. The van der Waals surface area contributed by atoms with Gasteiger partial charge in [-0.3, -0.25) is 9.59 Å². The molecule has 0 saturated heterocycles. The van der Waals surface area contributed by atoms with Crippen LogP contribution >= 0.6 is 0 Å². The number of anilines is 1. The van der Waals surface area contributed by atoms with Crippen LogP contribution in [0.4, 0.5) is 5.69 Å². The maximum absolute atomic E-state index is 12.2. The summed E-state index contributed by atoms with van der Waals surface area (Å²) in [6.45, 7) is 10.8. The third-order valence-corrected chi connectivity index (χ3v) is 6.32. The summed E-state index contributed by atoms with van der Waals surface area (Å²) < 4.78 is 1.20. The van der Waals surface area contributed by atoms with E-state index in [9.17, 15) is 9.59 Å². The van der Waals surface area contributed by atoms with Crippen LogP contribution in [0.1, 0.15) is 47.5 Å². The summed E-state index contributed by atoms with van der Waals surface area (Å²) in [5, 5.41) is 10.4. The summed E-state index contributed by atoms with van der Waals surface area (Å²) in [5.41, 5.74) is 0.947. The van der Waals surface area contributed by atoms with Crippen LogP contribution in [0.5, 0.6) is 0 Å². The van der Waals surface area contributed by atoms with Gasteiger partial charge in [0.25, 0.3) is 5.56 Å². The van der Waals surface area contributed by atoms with Gasteiger partial charge in [-0.15, -0.1) is 0 Å². The molecule has 0 unspecified atom stereocenters. The first kappa shape index (κ1) is 18.0. The Labute approximate surface area is 149 Å². The fraction of sp³-hybridized carbons (Fsp3) is 0.737. The third-order valence-electron chi connectivity index (χ3n) is 6.32. The largest absolute Gasteiger partial charge is 0.381 e. The summed E-state index contributed by atoms with van der Waals surface area (Å²) in [7, 11) is 0. The quantitative estimate of drug-likeness (QED) is 0.857. The molecule has 0 radical (unpaired) electrons. The van der Waals surface area contributed by atoms with Gasteiger partial charge in [-0.25, -0.2) is 4.68 Å². The highest BCUT2D eigenvalue weighted by atomic mass is 16.2. The second-order valence-corrected chi connectivity index (χ2v) is 8.67. The van der Waals surface area contributed by atoms with E-state index in [-0.39, 0.29) is 24.1 Å². The molecule has 2 bridgehead atoms. The number of rotatable bonds is 5. The highest BCUT2D eigenvalue weighted by molar-refractivity contribution is 5.75. The summed E-state index contributed by atoms with van der Waals surface area (Å²) in [6, 6.07) is 1.99. The van der Waals surface area contributed by atoms with Crippen molar-refractivity contribution in [2.45, 2.75) is 66.1 Å². The number of hydrogen-bond acceptors (Lipinski definition) is 4. The fourth-order valence-electron chi connectivity index (χ4n) is 4.69. The maximum Gasteiger partial charge on any atom is 0.269 e. The first-order valence-electron chi connectivity index (χ1n) is 9.31. The lowest BCUT2D eigenvalue weighted by Gasteiger charge is -2.62.